The van der Waals surface area contributed by atoms with E-state index in [1.807, 2.05) is 18.3 Å². The molecule has 8 heteroatoms. The van der Waals surface area contributed by atoms with Crippen LogP contribution >= 0.6 is 11.6 Å². The molecule has 1 aromatic carbocycles. The third-order valence-electron chi connectivity index (χ3n) is 7.15. The van der Waals surface area contributed by atoms with Crippen molar-refractivity contribution in [3.05, 3.63) is 64.8 Å². The molecule has 0 N–H and O–H groups in total. The fourth-order valence-corrected chi connectivity index (χ4v) is 5.57. The number of pyridine rings is 1. The lowest BCUT2D eigenvalue weighted by Crippen LogP contribution is -2.57. The van der Waals surface area contributed by atoms with Gasteiger partial charge in [0.1, 0.15) is 11.6 Å². The van der Waals surface area contributed by atoms with E-state index in [1.165, 1.54) is 11.3 Å². The summed E-state index contributed by atoms with van der Waals surface area (Å²) in [5.74, 6) is 3.59. The van der Waals surface area contributed by atoms with Crippen molar-refractivity contribution in [2.75, 3.05) is 38.1 Å². The molecular weight excluding hydrogens is 422 g/mol. The molecule has 0 atom stereocenters. The minimum absolute atomic E-state index is 0.390. The maximum absolute atomic E-state index is 6.41. The fourth-order valence-electron chi connectivity index (χ4n) is 5.38. The van der Waals surface area contributed by atoms with Crippen molar-refractivity contribution < 1.29 is 0 Å². The fraction of sp³-hybridized carbons (Fsp3) is 0.458. The Labute approximate surface area is 193 Å². The van der Waals surface area contributed by atoms with Gasteiger partial charge in [-0.3, -0.25) is 9.47 Å². The quantitative estimate of drug-likeness (QED) is 0.611. The summed E-state index contributed by atoms with van der Waals surface area (Å²) >= 11 is 6.41. The molecule has 32 heavy (non-hydrogen) atoms. The summed E-state index contributed by atoms with van der Waals surface area (Å²) in [7, 11) is 2.18. The molecule has 0 aliphatic carbocycles. The second-order valence-electron chi connectivity index (χ2n) is 9.31. The molecule has 0 radical (unpaired) electrons. The number of benzene rings is 1. The Balaban J connectivity index is 1.30. The van der Waals surface area contributed by atoms with Crippen LogP contribution in [0.3, 0.4) is 0 Å². The van der Waals surface area contributed by atoms with Crippen molar-refractivity contribution >= 4 is 17.4 Å². The maximum Gasteiger partial charge on any atom is 0.151 e. The highest BCUT2D eigenvalue weighted by atomic mass is 35.5. The highest BCUT2D eigenvalue weighted by Gasteiger charge is 2.35. The Hall–Kier alpha value is -2.48. The molecule has 2 fully saturated rings. The molecule has 7 nitrogen and oxygen atoms in total. The average Bonchev–Trinajstić information content (AvgIpc) is 3.13. The van der Waals surface area contributed by atoms with E-state index < -0.39 is 0 Å². The van der Waals surface area contributed by atoms with Crippen LogP contribution in [0.5, 0.6) is 0 Å². The lowest BCUT2D eigenvalue weighted by Gasteiger charge is -2.43. The molecule has 2 aromatic heterocycles. The van der Waals surface area contributed by atoms with Crippen LogP contribution in [0, 0.1) is 0 Å². The van der Waals surface area contributed by atoms with E-state index >= 15 is 0 Å². The summed E-state index contributed by atoms with van der Waals surface area (Å²) in [6.45, 7) is 5.89. The van der Waals surface area contributed by atoms with E-state index in [9.17, 15) is 0 Å². The van der Waals surface area contributed by atoms with Crippen LogP contribution in [0.2, 0.25) is 5.02 Å². The molecule has 0 amide bonds. The Bertz CT molecular complexity index is 1100. The minimum Gasteiger partial charge on any atom is -0.357 e. The van der Waals surface area contributed by atoms with Gasteiger partial charge in [-0.15, -0.1) is 10.2 Å². The number of halogens is 1. The predicted octanol–water partition coefficient (Wildman–Crippen LogP) is 3.33. The zero-order valence-electron chi connectivity index (χ0n) is 18.4. The lowest BCUT2D eigenvalue weighted by molar-refractivity contribution is 0.0407. The lowest BCUT2D eigenvalue weighted by atomic mass is 9.95. The van der Waals surface area contributed by atoms with Gasteiger partial charge in [-0.1, -0.05) is 17.7 Å². The van der Waals surface area contributed by atoms with Gasteiger partial charge in [0.2, 0.25) is 0 Å². The molecule has 0 saturated carbocycles. The van der Waals surface area contributed by atoms with Crippen LogP contribution in [0.4, 0.5) is 5.82 Å². The SMILES string of the molecule is CN1CC(N2Cc3cc(Cl)ccc3-n3c(nnc3C3CCN(c4ccccn4)CC3)C2)C1. The van der Waals surface area contributed by atoms with Crippen LogP contribution in [0.25, 0.3) is 5.69 Å². The van der Waals surface area contributed by atoms with Crippen LogP contribution in [0.15, 0.2) is 42.6 Å². The molecule has 3 aliphatic heterocycles. The Morgan fingerprint density at radius 2 is 1.84 bits per heavy atom. The summed E-state index contributed by atoms with van der Waals surface area (Å²) in [5, 5.41) is 10.2. The molecule has 3 aromatic rings. The number of aromatic nitrogens is 4. The van der Waals surface area contributed by atoms with E-state index in [1.54, 1.807) is 0 Å². The smallest absolute Gasteiger partial charge is 0.151 e. The molecule has 0 unspecified atom stereocenters. The summed E-state index contributed by atoms with van der Waals surface area (Å²) in [6.07, 6.45) is 3.97. The van der Waals surface area contributed by atoms with Crippen molar-refractivity contribution in [1.82, 2.24) is 29.5 Å². The van der Waals surface area contributed by atoms with E-state index in [2.05, 4.69) is 55.6 Å². The van der Waals surface area contributed by atoms with Gasteiger partial charge in [0.25, 0.3) is 0 Å². The van der Waals surface area contributed by atoms with Crippen molar-refractivity contribution in [3.8, 4) is 5.69 Å². The van der Waals surface area contributed by atoms with Crippen LogP contribution < -0.4 is 4.90 Å². The number of anilines is 1. The number of hydrogen-bond donors (Lipinski definition) is 0. The summed E-state index contributed by atoms with van der Waals surface area (Å²) in [5.41, 5.74) is 2.45. The van der Waals surface area contributed by atoms with Gasteiger partial charge in [0.05, 0.1) is 12.2 Å². The van der Waals surface area contributed by atoms with Crippen LogP contribution in [0.1, 0.15) is 36.0 Å². The second-order valence-corrected chi connectivity index (χ2v) is 9.75. The maximum atomic E-state index is 6.41. The van der Waals surface area contributed by atoms with Crippen LogP contribution in [-0.2, 0) is 13.1 Å². The minimum atomic E-state index is 0.390. The Morgan fingerprint density at radius 3 is 2.59 bits per heavy atom. The van der Waals surface area contributed by atoms with Crippen molar-refractivity contribution in [1.29, 1.82) is 0 Å². The second kappa shape index (κ2) is 8.14. The van der Waals surface area contributed by atoms with Crippen molar-refractivity contribution in [2.24, 2.45) is 0 Å². The van der Waals surface area contributed by atoms with E-state index in [0.29, 0.717) is 12.0 Å². The van der Waals surface area contributed by atoms with Gasteiger partial charge in [-0.05, 0) is 55.8 Å². The summed E-state index contributed by atoms with van der Waals surface area (Å²) < 4.78 is 2.33. The van der Waals surface area contributed by atoms with Gasteiger partial charge in [-0.2, -0.15) is 0 Å². The molecule has 0 bridgehead atoms. The summed E-state index contributed by atoms with van der Waals surface area (Å²) in [6, 6.07) is 12.9. The van der Waals surface area contributed by atoms with Crippen molar-refractivity contribution in [2.45, 2.75) is 37.9 Å². The molecule has 6 rings (SSSR count). The van der Waals surface area contributed by atoms with Crippen molar-refractivity contribution in [3.63, 3.8) is 0 Å². The Morgan fingerprint density at radius 1 is 1.00 bits per heavy atom. The molecule has 2 saturated heterocycles. The average molecular weight is 450 g/mol. The number of likely N-dealkylation sites (N-methyl/N-ethyl adjacent to an activating group) is 1. The number of nitrogens with zero attached hydrogens (tertiary/aromatic N) is 7. The third-order valence-corrected chi connectivity index (χ3v) is 7.39. The summed E-state index contributed by atoms with van der Waals surface area (Å²) in [4.78, 5) is 11.8. The van der Waals surface area contributed by atoms with Gasteiger partial charge in [-0.25, -0.2) is 4.98 Å². The number of piperidine rings is 1. The monoisotopic (exact) mass is 449 g/mol. The first-order valence-electron chi connectivity index (χ1n) is 11.5. The first-order valence-corrected chi connectivity index (χ1v) is 11.8. The third kappa shape index (κ3) is 3.58. The van der Waals surface area contributed by atoms with Gasteiger partial charge in [0.15, 0.2) is 5.82 Å². The molecule has 5 heterocycles. The van der Waals surface area contributed by atoms with E-state index in [-0.39, 0.29) is 0 Å². The number of likely N-dealkylation sites (tertiary alicyclic amines) is 1. The first kappa shape index (κ1) is 20.1. The normalized spacial score (nSPS) is 20.5. The van der Waals surface area contributed by atoms with E-state index in [0.717, 1.165) is 74.6 Å². The van der Waals surface area contributed by atoms with Crippen LogP contribution in [-0.4, -0.2) is 68.8 Å². The molecule has 3 aliphatic rings. The molecular formula is C24H28ClN7. The standard InChI is InChI=1S/C24H28ClN7/c1-29-14-20(15-29)31-13-18-12-19(25)5-6-21(18)32-23(16-31)27-28-24(32)17-7-10-30(11-8-17)22-4-2-3-9-26-22/h2-6,9,12,17,20H,7-8,10-11,13-16H2,1H3. The predicted molar refractivity (Wildman–Crippen MR) is 125 cm³/mol. The number of rotatable bonds is 3. The molecule has 166 valence electrons. The van der Waals surface area contributed by atoms with E-state index in [4.69, 9.17) is 21.8 Å². The zero-order chi connectivity index (χ0) is 21.7. The highest BCUT2D eigenvalue weighted by Crippen LogP contribution is 2.35. The number of fused-ring (bicyclic) bond motifs is 3. The zero-order valence-corrected chi connectivity index (χ0v) is 19.1. The highest BCUT2D eigenvalue weighted by molar-refractivity contribution is 6.30. The largest absolute Gasteiger partial charge is 0.357 e. The Kier molecular flexibility index (Phi) is 5.12. The first-order chi connectivity index (χ1) is 15.7. The van der Waals surface area contributed by atoms with Gasteiger partial charge in [0, 0.05) is 55.9 Å². The molecule has 0 spiro atoms. The number of hydrogen-bond acceptors (Lipinski definition) is 6. The van der Waals surface area contributed by atoms with Gasteiger partial charge >= 0.3 is 0 Å². The topological polar surface area (TPSA) is 53.3 Å². The van der Waals surface area contributed by atoms with Gasteiger partial charge < -0.3 is 9.80 Å².